The van der Waals surface area contributed by atoms with Crippen molar-refractivity contribution >= 4 is 10.9 Å². The zero-order chi connectivity index (χ0) is 12.0. The highest BCUT2D eigenvalue weighted by atomic mass is 19.1. The average Bonchev–Trinajstić information content (AvgIpc) is 2.72. The van der Waals surface area contributed by atoms with Crippen molar-refractivity contribution in [3.8, 4) is 5.75 Å². The summed E-state index contributed by atoms with van der Waals surface area (Å²) in [6, 6.07) is 5.16. The molecule has 1 aromatic carbocycles. The average molecular weight is 233 g/mol. The van der Waals surface area contributed by atoms with Gasteiger partial charge in [-0.1, -0.05) is 6.07 Å². The summed E-state index contributed by atoms with van der Waals surface area (Å²) >= 11 is 0. The first-order valence-corrected chi connectivity index (χ1v) is 5.57. The number of benzene rings is 1. The number of aromatic nitrogens is 1. The molecule has 1 aliphatic heterocycles. The van der Waals surface area contributed by atoms with Crippen LogP contribution in [0.15, 0.2) is 23.0 Å². The second-order valence-corrected chi connectivity index (χ2v) is 4.39. The molecule has 1 aliphatic rings. The van der Waals surface area contributed by atoms with E-state index in [0.29, 0.717) is 12.2 Å². The van der Waals surface area contributed by atoms with Gasteiger partial charge < -0.3 is 9.72 Å². The van der Waals surface area contributed by atoms with E-state index < -0.39 is 6.67 Å². The summed E-state index contributed by atoms with van der Waals surface area (Å²) in [7, 11) is 0. The van der Waals surface area contributed by atoms with E-state index in [9.17, 15) is 9.18 Å². The molecule has 1 unspecified atom stereocenters. The van der Waals surface area contributed by atoms with E-state index in [0.717, 1.165) is 22.0 Å². The van der Waals surface area contributed by atoms with Gasteiger partial charge in [-0.05, 0) is 24.1 Å². The lowest BCUT2D eigenvalue weighted by molar-refractivity contribution is 0.192. The van der Waals surface area contributed by atoms with E-state index >= 15 is 0 Å². The minimum atomic E-state index is -0.488. The molecule has 1 aromatic heterocycles. The number of pyridine rings is 1. The Bertz CT molecular complexity index is 648. The van der Waals surface area contributed by atoms with Crippen molar-refractivity contribution < 1.29 is 9.13 Å². The van der Waals surface area contributed by atoms with E-state index in [1.165, 1.54) is 6.07 Å². The molecule has 0 amide bonds. The molecule has 1 N–H and O–H groups in total. The fraction of sp³-hybridized carbons (Fsp3) is 0.308. The third kappa shape index (κ3) is 1.52. The molecule has 3 rings (SSSR count). The minimum Gasteiger partial charge on any atom is -0.486 e. The van der Waals surface area contributed by atoms with Gasteiger partial charge in [0.1, 0.15) is 18.5 Å². The van der Waals surface area contributed by atoms with Gasteiger partial charge in [-0.25, -0.2) is 4.39 Å². The summed E-state index contributed by atoms with van der Waals surface area (Å²) in [5.41, 5.74) is 2.64. The summed E-state index contributed by atoms with van der Waals surface area (Å²) in [6.07, 6.45) is 0.212. The van der Waals surface area contributed by atoms with Gasteiger partial charge in [0.05, 0.1) is 5.52 Å². The molecule has 1 atom stereocenters. The normalized spacial score (nSPS) is 18.1. The second kappa shape index (κ2) is 3.58. The predicted octanol–water partition coefficient (Wildman–Crippen LogP) is 2.11. The molecule has 4 heteroatoms. The van der Waals surface area contributed by atoms with Crippen molar-refractivity contribution in [1.82, 2.24) is 4.98 Å². The van der Waals surface area contributed by atoms with Crippen LogP contribution in [0, 0.1) is 6.92 Å². The van der Waals surface area contributed by atoms with Crippen LogP contribution < -0.4 is 10.3 Å². The number of aryl methyl sites for hydroxylation is 1. The van der Waals surface area contributed by atoms with Crippen LogP contribution in [-0.4, -0.2) is 17.8 Å². The smallest absolute Gasteiger partial charge is 0.248 e. The van der Waals surface area contributed by atoms with Gasteiger partial charge >= 0.3 is 0 Å². The number of ether oxygens (including phenoxy) is 1. The lowest BCUT2D eigenvalue weighted by atomic mass is 10.0. The standard InChI is InChI=1S/C13H12FNO2/c1-7-4-8-5-9(6-14)17-13(8)10-2-3-11(16)15-12(7)10/h2-4,9H,5-6H2,1H3,(H,15,16). The Labute approximate surface area is 97.2 Å². The number of rotatable bonds is 1. The fourth-order valence-corrected chi connectivity index (χ4v) is 2.38. The van der Waals surface area contributed by atoms with Crippen molar-refractivity contribution in [3.63, 3.8) is 0 Å². The highest BCUT2D eigenvalue weighted by Gasteiger charge is 2.25. The van der Waals surface area contributed by atoms with Gasteiger partial charge in [-0.2, -0.15) is 0 Å². The van der Waals surface area contributed by atoms with E-state index in [2.05, 4.69) is 4.98 Å². The SMILES string of the molecule is Cc1cc2c(c3ccc(=O)[nH]c13)OC(CF)C2. The summed E-state index contributed by atoms with van der Waals surface area (Å²) in [6.45, 7) is 1.44. The van der Waals surface area contributed by atoms with Gasteiger partial charge in [-0.15, -0.1) is 0 Å². The van der Waals surface area contributed by atoms with E-state index in [1.54, 1.807) is 6.07 Å². The third-order valence-corrected chi connectivity index (χ3v) is 3.14. The Morgan fingerprint density at radius 2 is 2.35 bits per heavy atom. The molecule has 0 fully saturated rings. The molecule has 0 saturated carbocycles. The Kier molecular flexibility index (Phi) is 2.18. The first kappa shape index (κ1) is 10.3. The molecule has 0 spiro atoms. The molecule has 0 bridgehead atoms. The Morgan fingerprint density at radius 3 is 3.12 bits per heavy atom. The molecule has 0 radical (unpaired) electrons. The van der Waals surface area contributed by atoms with E-state index in [1.807, 2.05) is 13.0 Å². The van der Waals surface area contributed by atoms with Crippen molar-refractivity contribution in [1.29, 1.82) is 0 Å². The van der Waals surface area contributed by atoms with Crippen molar-refractivity contribution in [2.24, 2.45) is 0 Å². The molecular weight excluding hydrogens is 221 g/mol. The molecule has 0 saturated heterocycles. The first-order valence-electron chi connectivity index (χ1n) is 5.57. The van der Waals surface area contributed by atoms with Crippen LogP contribution in [0.5, 0.6) is 5.75 Å². The van der Waals surface area contributed by atoms with Gasteiger partial charge in [-0.3, -0.25) is 4.79 Å². The van der Waals surface area contributed by atoms with Gasteiger partial charge in [0, 0.05) is 17.9 Å². The van der Waals surface area contributed by atoms with Crippen molar-refractivity contribution in [3.05, 3.63) is 39.7 Å². The number of aromatic amines is 1. The number of hydrogen-bond donors (Lipinski definition) is 1. The molecule has 3 nitrogen and oxygen atoms in total. The van der Waals surface area contributed by atoms with Crippen LogP contribution in [-0.2, 0) is 6.42 Å². The molecule has 0 aliphatic carbocycles. The van der Waals surface area contributed by atoms with E-state index in [-0.39, 0.29) is 11.7 Å². The highest BCUT2D eigenvalue weighted by Crippen LogP contribution is 2.37. The number of H-pyrrole nitrogens is 1. The monoisotopic (exact) mass is 233 g/mol. The maximum Gasteiger partial charge on any atom is 0.248 e. The number of hydrogen-bond acceptors (Lipinski definition) is 2. The number of alkyl halides is 1. The highest BCUT2D eigenvalue weighted by molar-refractivity contribution is 5.89. The maximum atomic E-state index is 12.6. The maximum absolute atomic E-state index is 12.6. The summed E-state index contributed by atoms with van der Waals surface area (Å²) in [4.78, 5) is 14.1. The lowest BCUT2D eigenvalue weighted by Crippen LogP contribution is -2.14. The minimum absolute atomic E-state index is 0.138. The largest absolute Gasteiger partial charge is 0.486 e. The number of nitrogens with one attached hydrogen (secondary N) is 1. The van der Waals surface area contributed by atoms with Crippen LogP contribution in [0.1, 0.15) is 11.1 Å². The summed E-state index contributed by atoms with van der Waals surface area (Å²) < 4.78 is 18.2. The quantitative estimate of drug-likeness (QED) is 0.819. The molecular formula is C13H12FNO2. The topological polar surface area (TPSA) is 42.1 Å². The predicted molar refractivity (Wildman–Crippen MR) is 63.4 cm³/mol. The Hall–Kier alpha value is -1.84. The van der Waals surface area contributed by atoms with Gasteiger partial charge in [0.15, 0.2) is 0 Å². The number of halogens is 1. The van der Waals surface area contributed by atoms with Gasteiger partial charge in [0.25, 0.3) is 0 Å². The van der Waals surface area contributed by atoms with Crippen molar-refractivity contribution in [2.45, 2.75) is 19.4 Å². The molecule has 17 heavy (non-hydrogen) atoms. The number of fused-ring (bicyclic) bond motifs is 3. The first-order chi connectivity index (χ1) is 8.19. The van der Waals surface area contributed by atoms with Crippen LogP contribution >= 0.6 is 0 Å². The fourth-order valence-electron chi connectivity index (χ4n) is 2.38. The Balaban J connectivity index is 2.30. The van der Waals surface area contributed by atoms with Crippen LogP contribution in [0.3, 0.4) is 0 Å². The zero-order valence-electron chi connectivity index (χ0n) is 9.42. The molecule has 2 aromatic rings. The van der Waals surface area contributed by atoms with Gasteiger partial charge in [0.2, 0.25) is 5.56 Å². The zero-order valence-corrected chi connectivity index (χ0v) is 9.42. The summed E-state index contributed by atoms with van der Waals surface area (Å²) in [5, 5.41) is 0.857. The second-order valence-electron chi connectivity index (χ2n) is 4.39. The molecule has 88 valence electrons. The van der Waals surface area contributed by atoms with Crippen LogP contribution in [0.2, 0.25) is 0 Å². The van der Waals surface area contributed by atoms with E-state index in [4.69, 9.17) is 4.74 Å². The lowest BCUT2D eigenvalue weighted by Gasteiger charge is -2.08. The summed E-state index contributed by atoms with van der Waals surface area (Å²) in [5.74, 6) is 0.713. The third-order valence-electron chi connectivity index (χ3n) is 3.14. The van der Waals surface area contributed by atoms with Crippen LogP contribution in [0.25, 0.3) is 10.9 Å². The van der Waals surface area contributed by atoms with Crippen molar-refractivity contribution in [2.75, 3.05) is 6.67 Å². The molecule has 2 heterocycles. The Morgan fingerprint density at radius 1 is 1.53 bits per heavy atom. The van der Waals surface area contributed by atoms with Crippen LogP contribution in [0.4, 0.5) is 4.39 Å².